The van der Waals surface area contributed by atoms with Crippen molar-refractivity contribution in [3.8, 4) is 0 Å². The smallest absolute Gasteiger partial charge is 0.331 e. The number of esters is 1. The molecule has 0 atom stereocenters. The second kappa shape index (κ2) is 10.5. The maximum absolute atomic E-state index is 13.8. The maximum Gasteiger partial charge on any atom is 0.331 e. The van der Waals surface area contributed by atoms with E-state index < -0.39 is 29.2 Å². The Morgan fingerprint density at radius 3 is 2.56 bits per heavy atom. The van der Waals surface area contributed by atoms with Gasteiger partial charge in [0.2, 0.25) is 0 Å². The van der Waals surface area contributed by atoms with Gasteiger partial charge in [-0.15, -0.1) is 0 Å². The highest BCUT2D eigenvalue weighted by Gasteiger charge is 2.14. The van der Waals surface area contributed by atoms with Crippen LogP contribution in [-0.2, 0) is 20.9 Å². The van der Waals surface area contributed by atoms with Gasteiger partial charge in [-0.05, 0) is 38.5 Å². The molecule has 10 heteroatoms. The van der Waals surface area contributed by atoms with Crippen LogP contribution in [0.5, 0.6) is 0 Å². The van der Waals surface area contributed by atoms with Crippen LogP contribution in [0.25, 0.3) is 6.08 Å². The summed E-state index contributed by atoms with van der Waals surface area (Å²) >= 11 is 0. The van der Waals surface area contributed by atoms with Crippen LogP contribution in [0.2, 0.25) is 0 Å². The normalized spacial score (nSPS) is 10.9. The summed E-state index contributed by atoms with van der Waals surface area (Å²) in [6.45, 7) is 5.63. The summed E-state index contributed by atoms with van der Waals surface area (Å²) in [7, 11) is 0. The van der Waals surface area contributed by atoms with Gasteiger partial charge >= 0.3 is 5.97 Å². The number of anilines is 1. The molecule has 9 nitrogen and oxygen atoms in total. The van der Waals surface area contributed by atoms with Crippen LogP contribution in [-0.4, -0.2) is 33.2 Å². The van der Waals surface area contributed by atoms with E-state index in [4.69, 9.17) is 4.74 Å². The number of benzene rings is 2. The van der Waals surface area contributed by atoms with E-state index in [1.165, 1.54) is 11.6 Å². The van der Waals surface area contributed by atoms with E-state index in [1.54, 1.807) is 6.08 Å². The molecular weight excluding hydrogens is 443 g/mol. The fraction of sp³-hybridized carbons (Fsp3) is 0.208. The first-order chi connectivity index (χ1) is 16.1. The number of halogens is 1. The van der Waals surface area contributed by atoms with Gasteiger partial charge in [0.25, 0.3) is 11.6 Å². The number of non-ortho nitro benzene ring substituents is 1. The average Bonchev–Trinajstić information content (AvgIpc) is 3.06. The van der Waals surface area contributed by atoms with Crippen molar-refractivity contribution >= 4 is 29.3 Å². The van der Waals surface area contributed by atoms with Gasteiger partial charge in [0.15, 0.2) is 6.61 Å². The van der Waals surface area contributed by atoms with Crippen molar-refractivity contribution in [3.63, 3.8) is 0 Å². The van der Waals surface area contributed by atoms with Crippen LogP contribution < -0.4 is 5.32 Å². The molecule has 0 spiro atoms. The molecule has 2 aromatic carbocycles. The van der Waals surface area contributed by atoms with Gasteiger partial charge < -0.3 is 10.1 Å². The number of nitrogens with zero attached hydrogens (tertiary/aromatic N) is 3. The molecular formula is C24H23FN4O5. The zero-order chi connectivity index (χ0) is 24.8. The van der Waals surface area contributed by atoms with Crippen LogP contribution >= 0.6 is 0 Å². The highest BCUT2D eigenvalue weighted by Crippen LogP contribution is 2.21. The molecule has 0 aliphatic heterocycles. The monoisotopic (exact) mass is 466 g/mol. The van der Waals surface area contributed by atoms with Gasteiger partial charge in [-0.3, -0.25) is 19.6 Å². The van der Waals surface area contributed by atoms with E-state index in [9.17, 15) is 24.1 Å². The lowest BCUT2D eigenvalue weighted by Crippen LogP contribution is -2.20. The highest BCUT2D eigenvalue weighted by molar-refractivity contribution is 5.95. The number of nitrogens with one attached hydrogen (secondary N) is 1. The summed E-state index contributed by atoms with van der Waals surface area (Å²) in [4.78, 5) is 34.1. The number of ether oxygens (including phenoxy) is 1. The van der Waals surface area contributed by atoms with Crippen LogP contribution in [0.3, 0.4) is 0 Å². The van der Waals surface area contributed by atoms with E-state index in [0.29, 0.717) is 6.54 Å². The molecule has 0 saturated heterocycles. The molecule has 34 heavy (non-hydrogen) atoms. The molecule has 0 aliphatic rings. The average molecular weight is 466 g/mol. The molecule has 0 fully saturated rings. The second-order valence-corrected chi connectivity index (χ2v) is 7.64. The topological polar surface area (TPSA) is 116 Å². The Hall–Kier alpha value is -4.34. The van der Waals surface area contributed by atoms with Crippen molar-refractivity contribution in [2.24, 2.45) is 0 Å². The molecule has 1 heterocycles. The van der Waals surface area contributed by atoms with E-state index in [2.05, 4.69) is 10.4 Å². The third-order valence-electron chi connectivity index (χ3n) is 5.06. The molecule has 0 radical (unpaired) electrons. The van der Waals surface area contributed by atoms with Crippen LogP contribution in [0, 0.1) is 36.7 Å². The number of nitro benzene ring substituents is 1. The minimum atomic E-state index is -0.848. The number of carbonyl (C=O) groups is 2. The van der Waals surface area contributed by atoms with E-state index >= 15 is 0 Å². The first kappa shape index (κ1) is 24.3. The van der Waals surface area contributed by atoms with E-state index in [0.717, 1.165) is 40.7 Å². The Balaban J connectivity index is 1.58. The molecule has 0 aliphatic carbocycles. The first-order valence-electron chi connectivity index (χ1n) is 10.3. The molecule has 0 unspecified atom stereocenters. The van der Waals surface area contributed by atoms with Crippen LogP contribution in [0.4, 0.5) is 15.8 Å². The molecule has 3 aromatic rings. The number of rotatable bonds is 8. The van der Waals surface area contributed by atoms with Gasteiger partial charge in [0.05, 0.1) is 22.8 Å². The number of amides is 1. The summed E-state index contributed by atoms with van der Waals surface area (Å²) in [5.74, 6) is -2.46. The molecule has 176 valence electrons. The molecule has 1 N–H and O–H groups in total. The maximum atomic E-state index is 13.8. The lowest BCUT2D eigenvalue weighted by molar-refractivity contribution is -0.384. The fourth-order valence-electron chi connectivity index (χ4n) is 3.22. The predicted molar refractivity (Wildman–Crippen MR) is 124 cm³/mol. The highest BCUT2D eigenvalue weighted by atomic mass is 19.1. The van der Waals surface area contributed by atoms with Crippen molar-refractivity contribution in [2.75, 3.05) is 11.9 Å². The Morgan fingerprint density at radius 1 is 1.18 bits per heavy atom. The summed E-state index contributed by atoms with van der Waals surface area (Å²) < 4.78 is 20.5. The Morgan fingerprint density at radius 2 is 1.88 bits per heavy atom. The van der Waals surface area contributed by atoms with Crippen molar-refractivity contribution in [2.45, 2.75) is 27.3 Å². The third-order valence-corrected chi connectivity index (χ3v) is 5.06. The standard InChI is InChI=1S/C24H23FN4O5/c1-15-4-6-18(7-5-15)13-28-17(3)20(16(2)27-28)9-11-24(31)34-14-23(30)26-22-12-19(29(32)33)8-10-21(22)25/h4-12H,13-14H2,1-3H3,(H,26,30)/b11-9+. The lowest BCUT2D eigenvalue weighted by atomic mass is 10.1. The second-order valence-electron chi connectivity index (χ2n) is 7.64. The minimum Gasteiger partial charge on any atom is -0.452 e. The number of hydrogen-bond acceptors (Lipinski definition) is 6. The van der Waals surface area contributed by atoms with E-state index in [-0.39, 0.29) is 11.4 Å². The summed E-state index contributed by atoms with van der Waals surface area (Å²) in [5, 5.41) is 17.5. The van der Waals surface area contributed by atoms with Gasteiger partial charge in [-0.25, -0.2) is 9.18 Å². The summed E-state index contributed by atoms with van der Waals surface area (Å²) in [6, 6.07) is 10.8. The van der Waals surface area contributed by atoms with Crippen molar-refractivity contribution in [1.82, 2.24) is 9.78 Å². The quantitative estimate of drug-likeness (QED) is 0.231. The SMILES string of the molecule is Cc1ccc(Cn2nc(C)c(/C=C/C(=O)OCC(=O)Nc3cc([N+](=O)[O-])ccc3F)c2C)cc1. The van der Waals surface area contributed by atoms with E-state index in [1.807, 2.05) is 49.7 Å². The zero-order valence-corrected chi connectivity index (χ0v) is 18.9. The number of aromatic nitrogens is 2. The van der Waals surface area contributed by atoms with Crippen molar-refractivity contribution < 1.29 is 23.6 Å². The number of hydrogen-bond donors (Lipinski definition) is 1. The fourth-order valence-corrected chi connectivity index (χ4v) is 3.22. The zero-order valence-electron chi connectivity index (χ0n) is 18.9. The predicted octanol–water partition coefficient (Wildman–Crippen LogP) is 4.10. The number of carbonyl (C=O) groups excluding carboxylic acids is 2. The Labute approximate surface area is 195 Å². The largest absolute Gasteiger partial charge is 0.452 e. The van der Waals surface area contributed by atoms with Gasteiger partial charge in [-0.2, -0.15) is 5.10 Å². The van der Waals surface area contributed by atoms with Gasteiger partial charge in [-0.1, -0.05) is 29.8 Å². The van der Waals surface area contributed by atoms with Crippen molar-refractivity contribution in [3.05, 3.63) is 92.6 Å². The first-order valence-corrected chi connectivity index (χ1v) is 10.3. The summed E-state index contributed by atoms with van der Waals surface area (Å²) in [5.41, 5.74) is 3.85. The number of aryl methyl sites for hydroxylation is 2. The van der Waals surface area contributed by atoms with Gasteiger partial charge in [0, 0.05) is 29.5 Å². The molecule has 1 aromatic heterocycles. The lowest BCUT2D eigenvalue weighted by Gasteiger charge is -2.06. The summed E-state index contributed by atoms with van der Waals surface area (Å²) in [6.07, 6.45) is 2.73. The molecule has 1 amide bonds. The third kappa shape index (κ3) is 6.12. The Bertz CT molecular complexity index is 1270. The Kier molecular flexibility index (Phi) is 7.52. The van der Waals surface area contributed by atoms with Crippen LogP contribution in [0.1, 0.15) is 28.1 Å². The van der Waals surface area contributed by atoms with Crippen molar-refractivity contribution in [1.29, 1.82) is 0 Å². The molecule has 0 saturated carbocycles. The molecule has 0 bridgehead atoms. The minimum absolute atomic E-state index is 0.377. The van der Waals surface area contributed by atoms with Crippen LogP contribution in [0.15, 0.2) is 48.5 Å². The van der Waals surface area contributed by atoms with Gasteiger partial charge in [0.1, 0.15) is 5.82 Å². The molecule has 3 rings (SSSR count). The number of nitro groups is 1.